The third-order valence-corrected chi connectivity index (χ3v) is 15.1. The van der Waals surface area contributed by atoms with Crippen molar-refractivity contribution in [2.75, 3.05) is 0 Å². The molecular weight excluding hydrogens is 715 g/mol. The molecule has 1 aromatic heterocycles. The van der Waals surface area contributed by atoms with Gasteiger partial charge >= 0.3 is 0 Å². The van der Waals surface area contributed by atoms with Gasteiger partial charge in [-0.1, -0.05) is 127 Å². The SMILES string of the molecule is Bc1c(B)c(B)c2c(-c3ccc4c(c3)C(C)(C)c3ccccc3-4)c3c(B)c(B)c(B)c(B)c3c(-c3ccc(-c4ccc5oc6cc7ccccc7cc6c5c4)cc3)c2c1B. The monoisotopic (exact) mass is 758 g/mol. The van der Waals surface area contributed by atoms with Crippen molar-refractivity contribution < 1.29 is 4.42 Å². The average Bonchev–Trinajstić information content (AvgIpc) is 3.74. The quantitative estimate of drug-likeness (QED) is 0.189. The van der Waals surface area contributed by atoms with Gasteiger partial charge in [-0.2, -0.15) is 0 Å². The number of rotatable bonds is 3. The Bertz CT molecular complexity index is 3470. The fraction of sp³-hybridized carbons (Fsp3) is 0.0588. The van der Waals surface area contributed by atoms with E-state index in [9.17, 15) is 0 Å². The van der Waals surface area contributed by atoms with Gasteiger partial charge in [-0.25, -0.2) is 0 Å². The van der Waals surface area contributed by atoms with Gasteiger partial charge < -0.3 is 4.42 Å². The fourth-order valence-corrected chi connectivity index (χ4v) is 11.0. The lowest BCUT2D eigenvalue weighted by Gasteiger charge is -2.29. The van der Waals surface area contributed by atoms with Crippen molar-refractivity contribution in [3.05, 3.63) is 132 Å². The molecule has 276 valence electrons. The molecule has 0 aliphatic heterocycles. The Labute approximate surface area is 359 Å². The van der Waals surface area contributed by atoms with Gasteiger partial charge in [-0.3, -0.25) is 0 Å². The Morgan fingerprint density at radius 3 is 1.45 bits per heavy atom. The zero-order valence-corrected chi connectivity index (χ0v) is 36.5. The second-order valence-corrected chi connectivity index (χ2v) is 18.3. The highest BCUT2D eigenvalue weighted by atomic mass is 16.3. The van der Waals surface area contributed by atoms with E-state index in [-0.39, 0.29) is 5.41 Å². The summed E-state index contributed by atoms with van der Waals surface area (Å²) in [6.45, 7) is 4.79. The van der Waals surface area contributed by atoms with Gasteiger partial charge in [0.25, 0.3) is 0 Å². The smallest absolute Gasteiger partial charge is 0.139 e. The van der Waals surface area contributed by atoms with Gasteiger partial charge in [0.15, 0.2) is 0 Å². The van der Waals surface area contributed by atoms with E-state index < -0.39 is 0 Å². The van der Waals surface area contributed by atoms with Crippen LogP contribution in [0.25, 0.3) is 98.8 Å². The van der Waals surface area contributed by atoms with Gasteiger partial charge in [0.2, 0.25) is 0 Å². The van der Waals surface area contributed by atoms with Crippen LogP contribution in [0, 0.1) is 0 Å². The molecule has 1 aliphatic carbocycles. The lowest BCUT2D eigenvalue weighted by atomic mass is 9.59. The van der Waals surface area contributed by atoms with Crippen molar-refractivity contribution in [1.82, 2.24) is 0 Å². The van der Waals surface area contributed by atoms with Crippen molar-refractivity contribution in [3.8, 4) is 44.5 Å². The molecule has 0 bridgehead atoms. The van der Waals surface area contributed by atoms with E-state index in [1.165, 1.54) is 132 Å². The molecule has 9 heteroatoms. The first-order valence-corrected chi connectivity index (χ1v) is 21.5. The number of benzene rings is 9. The predicted octanol–water partition coefficient (Wildman–Crippen LogP) is 0.420. The second kappa shape index (κ2) is 13.0. The van der Waals surface area contributed by atoms with Gasteiger partial charge in [0.1, 0.15) is 73.9 Å². The number of fused-ring (bicyclic) bond motifs is 9. The third-order valence-electron chi connectivity index (χ3n) is 15.1. The molecule has 0 saturated heterocycles. The first-order valence-electron chi connectivity index (χ1n) is 21.5. The minimum atomic E-state index is -0.0895. The molecule has 0 N–H and O–H groups in total. The maximum absolute atomic E-state index is 6.38. The van der Waals surface area contributed by atoms with Crippen LogP contribution in [-0.4, -0.2) is 62.8 Å². The molecule has 0 atom stereocenters. The molecule has 0 spiro atoms. The van der Waals surface area contributed by atoms with Crippen LogP contribution in [0.2, 0.25) is 0 Å². The van der Waals surface area contributed by atoms with E-state index in [2.05, 4.69) is 198 Å². The normalized spacial score (nSPS) is 13.2. The van der Waals surface area contributed by atoms with Gasteiger partial charge in [0.05, 0.1) is 0 Å². The van der Waals surface area contributed by atoms with Gasteiger partial charge in [-0.15, -0.1) is 21.9 Å². The van der Waals surface area contributed by atoms with Crippen LogP contribution in [0.1, 0.15) is 25.0 Å². The minimum absolute atomic E-state index is 0.0895. The van der Waals surface area contributed by atoms with Crippen LogP contribution >= 0.6 is 0 Å². The van der Waals surface area contributed by atoms with Crippen molar-refractivity contribution >= 4 is 161 Å². The van der Waals surface area contributed by atoms with E-state index in [4.69, 9.17) is 4.42 Å². The molecule has 0 unspecified atom stereocenters. The Balaban J connectivity index is 1.17. The van der Waals surface area contributed by atoms with Crippen LogP contribution in [0.15, 0.2) is 126 Å². The molecule has 1 nitrogen and oxygen atoms in total. The Kier molecular flexibility index (Phi) is 8.06. The fourth-order valence-electron chi connectivity index (χ4n) is 11.0. The van der Waals surface area contributed by atoms with Crippen LogP contribution in [0.3, 0.4) is 0 Å². The molecule has 0 amide bonds. The van der Waals surface area contributed by atoms with E-state index in [1.54, 1.807) is 0 Å². The molecule has 1 heterocycles. The van der Waals surface area contributed by atoms with Crippen molar-refractivity contribution in [2.45, 2.75) is 19.3 Å². The summed E-state index contributed by atoms with van der Waals surface area (Å²) in [5.41, 5.74) is 25.9. The second-order valence-electron chi connectivity index (χ2n) is 18.3. The van der Waals surface area contributed by atoms with Crippen LogP contribution < -0.4 is 43.7 Å². The molecular formula is C51H42B8O. The zero-order chi connectivity index (χ0) is 41.5. The van der Waals surface area contributed by atoms with E-state index in [1.807, 2.05) is 0 Å². The van der Waals surface area contributed by atoms with Crippen molar-refractivity contribution in [2.24, 2.45) is 0 Å². The first-order chi connectivity index (χ1) is 28.8. The molecule has 0 fully saturated rings. The maximum atomic E-state index is 6.38. The maximum Gasteiger partial charge on any atom is 0.139 e. The molecule has 60 heavy (non-hydrogen) atoms. The summed E-state index contributed by atoms with van der Waals surface area (Å²) < 4.78 is 6.38. The average molecular weight is 757 g/mol. The molecule has 9 aromatic carbocycles. The van der Waals surface area contributed by atoms with Gasteiger partial charge in [0, 0.05) is 16.2 Å². The van der Waals surface area contributed by atoms with Crippen LogP contribution in [0.4, 0.5) is 0 Å². The molecule has 11 rings (SSSR count). The van der Waals surface area contributed by atoms with Crippen molar-refractivity contribution in [3.63, 3.8) is 0 Å². The standard InChI is InChI=1S/C51H42B8O/c1-51(2)33-10-6-5-9-29(33)30-17-15-28(21-34(30)51)38-41-39(43(52)47(56)49(58)45(41)54)37(40-42(38)46(55)50(59)48(57)44(40)53)24-13-11-23(12-14-24)27-16-18-35-31(20-27)32-19-25-7-3-4-8-26(25)22-36(32)60-35/h3-22H,52-59H2,1-2H3. The number of hydrogen-bond acceptors (Lipinski definition) is 1. The highest BCUT2D eigenvalue weighted by Crippen LogP contribution is 2.51. The summed E-state index contributed by atoms with van der Waals surface area (Å²) in [7, 11) is 18.7. The molecule has 0 saturated carbocycles. The minimum Gasteiger partial charge on any atom is -0.456 e. The molecule has 0 radical (unpaired) electrons. The highest BCUT2D eigenvalue weighted by molar-refractivity contribution is 6.71. The van der Waals surface area contributed by atoms with Crippen LogP contribution in [0.5, 0.6) is 0 Å². The molecule has 1 aliphatic rings. The third kappa shape index (κ3) is 5.05. The highest BCUT2D eigenvalue weighted by Gasteiger charge is 2.36. The summed E-state index contributed by atoms with van der Waals surface area (Å²) in [4.78, 5) is 0. The van der Waals surface area contributed by atoms with Crippen LogP contribution in [-0.2, 0) is 5.41 Å². The van der Waals surface area contributed by atoms with E-state index in [0.29, 0.717) is 0 Å². The number of hydrogen-bond donors (Lipinski definition) is 0. The summed E-state index contributed by atoms with van der Waals surface area (Å²) in [5, 5.41) is 10.2. The summed E-state index contributed by atoms with van der Waals surface area (Å²) in [6.07, 6.45) is 0. The lowest BCUT2D eigenvalue weighted by molar-refractivity contribution is 0.660. The summed E-state index contributed by atoms with van der Waals surface area (Å²) in [5.74, 6) is 0. The zero-order valence-electron chi connectivity index (χ0n) is 36.5. The predicted molar refractivity (Wildman–Crippen MR) is 286 cm³/mol. The Morgan fingerprint density at radius 1 is 0.367 bits per heavy atom. The van der Waals surface area contributed by atoms with Crippen molar-refractivity contribution in [1.29, 1.82) is 0 Å². The first kappa shape index (κ1) is 37.1. The summed E-state index contributed by atoms with van der Waals surface area (Å²) in [6, 6.07) is 45.3. The largest absolute Gasteiger partial charge is 0.456 e. The summed E-state index contributed by atoms with van der Waals surface area (Å²) >= 11 is 0. The van der Waals surface area contributed by atoms with E-state index in [0.717, 1.165) is 21.9 Å². The Morgan fingerprint density at radius 2 is 0.833 bits per heavy atom. The lowest BCUT2D eigenvalue weighted by Crippen LogP contribution is -2.50. The van der Waals surface area contributed by atoms with E-state index >= 15 is 0 Å². The Hall–Kier alpha value is -5.92. The van der Waals surface area contributed by atoms with Gasteiger partial charge in [-0.05, 0) is 118 Å². The topological polar surface area (TPSA) is 13.1 Å². The number of furan rings is 1. The molecule has 10 aromatic rings.